The summed E-state index contributed by atoms with van der Waals surface area (Å²) in [6.45, 7) is 0. The van der Waals surface area contributed by atoms with Gasteiger partial charge in [-0.3, -0.25) is 24.5 Å². The predicted octanol–water partition coefficient (Wildman–Crippen LogP) is 3.71. The van der Waals surface area contributed by atoms with E-state index in [0.29, 0.717) is 0 Å². The molecule has 2 aliphatic heterocycles. The molecule has 3 aromatic carbocycles. The Bertz CT molecular complexity index is 1260. The first-order valence-corrected chi connectivity index (χ1v) is 10.8. The van der Waals surface area contributed by atoms with Crippen molar-refractivity contribution in [1.29, 1.82) is 0 Å². The molecule has 0 bridgehead atoms. The number of nitro groups is 1. The molecule has 2 aliphatic rings. The molecule has 3 atom stereocenters. The Hall–Kier alpha value is -4.24. The van der Waals surface area contributed by atoms with Gasteiger partial charge in [-0.15, -0.1) is 0 Å². The number of carbonyl (C=O) groups is 2. The summed E-state index contributed by atoms with van der Waals surface area (Å²) >= 11 is 0. The van der Waals surface area contributed by atoms with Gasteiger partial charge in [0.05, 0.1) is 22.3 Å². The molecule has 9 nitrogen and oxygen atoms in total. The zero-order valence-corrected chi connectivity index (χ0v) is 18.6. The molecule has 2 fully saturated rings. The SMILES string of the molecule is CN(C)c1ccc(C2C3C(=O)N(c4cccc([N+](=O)[O-])c4)C(=O)C3ON2c2ccccc2)cc1. The van der Waals surface area contributed by atoms with Crippen LogP contribution in [0.3, 0.4) is 0 Å². The Balaban J connectivity index is 1.56. The summed E-state index contributed by atoms with van der Waals surface area (Å²) in [6.07, 6.45) is -1.04. The van der Waals surface area contributed by atoms with Crippen molar-refractivity contribution in [3.63, 3.8) is 0 Å². The summed E-state index contributed by atoms with van der Waals surface area (Å²) in [5, 5.41) is 12.8. The van der Waals surface area contributed by atoms with E-state index in [1.54, 1.807) is 5.06 Å². The molecular formula is C25H22N4O5. The number of nitro benzene ring substituents is 1. The normalized spacial score (nSPS) is 21.6. The molecule has 9 heteroatoms. The van der Waals surface area contributed by atoms with Crippen molar-refractivity contribution in [1.82, 2.24) is 0 Å². The van der Waals surface area contributed by atoms with Gasteiger partial charge in [-0.25, -0.2) is 9.96 Å². The average molecular weight is 458 g/mol. The maximum Gasteiger partial charge on any atom is 0.271 e. The fraction of sp³-hybridized carbons (Fsp3) is 0.200. The number of hydroxylamine groups is 1. The minimum Gasteiger partial charge on any atom is -0.378 e. The van der Waals surface area contributed by atoms with Crippen molar-refractivity contribution in [2.75, 3.05) is 29.0 Å². The van der Waals surface area contributed by atoms with Gasteiger partial charge in [0.25, 0.3) is 11.6 Å². The number of anilines is 3. The fourth-order valence-corrected chi connectivity index (χ4v) is 4.52. The van der Waals surface area contributed by atoms with E-state index in [4.69, 9.17) is 4.84 Å². The highest BCUT2D eigenvalue weighted by Crippen LogP contribution is 2.47. The molecule has 5 rings (SSSR count). The summed E-state index contributed by atoms with van der Waals surface area (Å²) < 4.78 is 0. The predicted molar refractivity (Wildman–Crippen MR) is 126 cm³/mol. The quantitative estimate of drug-likeness (QED) is 0.327. The molecule has 0 radical (unpaired) electrons. The van der Waals surface area contributed by atoms with Gasteiger partial charge in [-0.2, -0.15) is 0 Å². The van der Waals surface area contributed by atoms with Gasteiger partial charge < -0.3 is 4.90 Å². The van der Waals surface area contributed by atoms with Gasteiger partial charge in [-0.1, -0.05) is 36.4 Å². The molecule has 0 saturated carbocycles. The van der Waals surface area contributed by atoms with Crippen LogP contribution in [0.5, 0.6) is 0 Å². The summed E-state index contributed by atoms with van der Waals surface area (Å²) in [6, 6.07) is 22.0. The van der Waals surface area contributed by atoms with Crippen LogP contribution in [0.15, 0.2) is 78.9 Å². The number of rotatable bonds is 5. The number of para-hydroxylation sites is 1. The van der Waals surface area contributed by atoms with E-state index in [1.165, 1.54) is 24.3 Å². The number of non-ortho nitro benzene ring substituents is 1. The van der Waals surface area contributed by atoms with Crippen molar-refractivity contribution in [2.45, 2.75) is 12.1 Å². The number of fused-ring (bicyclic) bond motifs is 1. The molecule has 0 spiro atoms. The molecular weight excluding hydrogens is 436 g/mol. The van der Waals surface area contributed by atoms with Crippen LogP contribution in [0.4, 0.5) is 22.7 Å². The van der Waals surface area contributed by atoms with Crippen LogP contribution < -0.4 is 14.9 Å². The van der Waals surface area contributed by atoms with E-state index >= 15 is 0 Å². The highest BCUT2D eigenvalue weighted by molar-refractivity contribution is 6.24. The monoisotopic (exact) mass is 458 g/mol. The molecule has 2 saturated heterocycles. The molecule has 2 amide bonds. The topological polar surface area (TPSA) is 96.2 Å². The number of imide groups is 1. The van der Waals surface area contributed by atoms with Crippen LogP contribution in [0.25, 0.3) is 0 Å². The minimum atomic E-state index is -1.04. The maximum absolute atomic E-state index is 13.6. The fourth-order valence-electron chi connectivity index (χ4n) is 4.52. The first-order chi connectivity index (χ1) is 16.4. The van der Waals surface area contributed by atoms with Crippen LogP contribution in [-0.2, 0) is 14.4 Å². The third-order valence-corrected chi connectivity index (χ3v) is 6.18. The van der Waals surface area contributed by atoms with Crippen LogP contribution in [0, 0.1) is 16.0 Å². The minimum absolute atomic E-state index is 0.162. The third-order valence-electron chi connectivity index (χ3n) is 6.18. The summed E-state index contributed by atoms with van der Waals surface area (Å²) in [5.41, 5.74) is 2.51. The Kier molecular flexibility index (Phi) is 5.25. The molecule has 3 unspecified atom stereocenters. The van der Waals surface area contributed by atoms with Gasteiger partial charge in [0.15, 0.2) is 6.10 Å². The van der Waals surface area contributed by atoms with Gasteiger partial charge in [0.1, 0.15) is 5.92 Å². The Morgan fingerprint density at radius 1 is 0.882 bits per heavy atom. The lowest BCUT2D eigenvalue weighted by molar-refractivity contribution is -0.384. The molecule has 3 aromatic rings. The zero-order chi connectivity index (χ0) is 24.0. The standard InChI is InChI=1S/C25H22N4O5/c1-26(2)17-13-11-16(12-14-17)22-21-23(34-28(22)18-7-4-3-5-8-18)25(31)27(24(21)30)19-9-6-10-20(15-19)29(32)33/h3-15,21-23H,1-2H3. The second kappa shape index (κ2) is 8.27. The second-order valence-electron chi connectivity index (χ2n) is 8.43. The Labute approximate surface area is 195 Å². The van der Waals surface area contributed by atoms with Crippen LogP contribution in [-0.4, -0.2) is 36.9 Å². The smallest absolute Gasteiger partial charge is 0.271 e. The van der Waals surface area contributed by atoms with E-state index in [-0.39, 0.29) is 11.4 Å². The zero-order valence-electron chi connectivity index (χ0n) is 18.6. The van der Waals surface area contributed by atoms with Crippen molar-refractivity contribution >= 4 is 34.6 Å². The third kappa shape index (κ3) is 3.46. The van der Waals surface area contributed by atoms with Crippen molar-refractivity contribution < 1.29 is 19.3 Å². The highest BCUT2D eigenvalue weighted by atomic mass is 16.7. The lowest BCUT2D eigenvalue weighted by Gasteiger charge is -2.29. The van der Waals surface area contributed by atoms with E-state index in [1.807, 2.05) is 73.6 Å². The van der Waals surface area contributed by atoms with Crippen molar-refractivity contribution in [3.8, 4) is 0 Å². The summed E-state index contributed by atoms with van der Waals surface area (Å²) in [5.74, 6) is -1.79. The highest BCUT2D eigenvalue weighted by Gasteiger charge is 2.60. The number of nitrogens with zero attached hydrogens (tertiary/aromatic N) is 4. The lowest BCUT2D eigenvalue weighted by Crippen LogP contribution is -2.37. The molecule has 0 aliphatic carbocycles. The van der Waals surface area contributed by atoms with Crippen LogP contribution >= 0.6 is 0 Å². The Morgan fingerprint density at radius 2 is 1.56 bits per heavy atom. The lowest BCUT2D eigenvalue weighted by atomic mass is 9.90. The maximum atomic E-state index is 13.6. The van der Waals surface area contributed by atoms with E-state index in [9.17, 15) is 19.7 Å². The Morgan fingerprint density at radius 3 is 2.21 bits per heavy atom. The van der Waals surface area contributed by atoms with Crippen molar-refractivity contribution in [3.05, 3.63) is 94.5 Å². The number of hydrogen-bond donors (Lipinski definition) is 0. The largest absolute Gasteiger partial charge is 0.378 e. The number of benzene rings is 3. The van der Waals surface area contributed by atoms with E-state index in [2.05, 4.69) is 0 Å². The van der Waals surface area contributed by atoms with Crippen LogP contribution in [0.2, 0.25) is 0 Å². The first-order valence-electron chi connectivity index (χ1n) is 10.8. The van der Waals surface area contributed by atoms with Crippen LogP contribution in [0.1, 0.15) is 11.6 Å². The van der Waals surface area contributed by atoms with E-state index in [0.717, 1.165) is 21.8 Å². The summed E-state index contributed by atoms with van der Waals surface area (Å²) in [4.78, 5) is 46.7. The molecule has 2 heterocycles. The van der Waals surface area contributed by atoms with Crippen molar-refractivity contribution in [2.24, 2.45) is 5.92 Å². The molecule has 0 aromatic heterocycles. The van der Waals surface area contributed by atoms with Gasteiger partial charge in [-0.05, 0) is 35.9 Å². The summed E-state index contributed by atoms with van der Waals surface area (Å²) in [7, 11) is 3.88. The molecule has 34 heavy (non-hydrogen) atoms. The molecule has 0 N–H and O–H groups in total. The first kappa shape index (κ1) is 21.6. The second-order valence-corrected chi connectivity index (χ2v) is 8.43. The van der Waals surface area contributed by atoms with Gasteiger partial charge >= 0.3 is 0 Å². The van der Waals surface area contributed by atoms with Gasteiger partial charge in [0.2, 0.25) is 5.91 Å². The average Bonchev–Trinajstić information content (AvgIpc) is 3.35. The number of carbonyl (C=O) groups excluding carboxylic acids is 2. The van der Waals surface area contributed by atoms with Gasteiger partial charge in [0, 0.05) is 31.9 Å². The molecule has 172 valence electrons. The van der Waals surface area contributed by atoms with E-state index < -0.39 is 34.8 Å². The number of hydrogen-bond acceptors (Lipinski definition) is 7. The number of amides is 2.